The van der Waals surface area contributed by atoms with E-state index in [1.54, 1.807) is 48.5 Å². The molecular formula is C23H21BrN2O3. The zero-order valence-corrected chi connectivity index (χ0v) is 17.5. The van der Waals surface area contributed by atoms with Crippen molar-refractivity contribution in [2.75, 3.05) is 11.9 Å². The molecule has 5 nitrogen and oxygen atoms in total. The van der Waals surface area contributed by atoms with Gasteiger partial charge in [-0.15, -0.1) is 0 Å². The first-order chi connectivity index (χ1) is 14.1. The number of para-hydroxylation sites is 1. The summed E-state index contributed by atoms with van der Waals surface area (Å²) >= 11 is 3.35. The second-order valence-electron chi connectivity index (χ2n) is 6.27. The van der Waals surface area contributed by atoms with E-state index >= 15 is 0 Å². The van der Waals surface area contributed by atoms with E-state index in [0.29, 0.717) is 30.0 Å². The van der Waals surface area contributed by atoms with Gasteiger partial charge in [-0.3, -0.25) is 9.59 Å². The van der Waals surface area contributed by atoms with Crippen molar-refractivity contribution in [1.29, 1.82) is 0 Å². The van der Waals surface area contributed by atoms with E-state index in [0.717, 1.165) is 15.8 Å². The second-order valence-corrected chi connectivity index (χ2v) is 7.18. The Hall–Kier alpha value is -3.12. The van der Waals surface area contributed by atoms with Gasteiger partial charge in [0, 0.05) is 16.6 Å². The van der Waals surface area contributed by atoms with E-state index in [2.05, 4.69) is 26.6 Å². The summed E-state index contributed by atoms with van der Waals surface area (Å²) in [5.41, 5.74) is 2.34. The highest BCUT2D eigenvalue weighted by atomic mass is 79.9. The van der Waals surface area contributed by atoms with Gasteiger partial charge in [0.05, 0.1) is 17.9 Å². The molecule has 0 saturated carbocycles. The van der Waals surface area contributed by atoms with Crippen LogP contribution in [-0.4, -0.2) is 18.4 Å². The molecule has 3 aromatic carbocycles. The predicted molar refractivity (Wildman–Crippen MR) is 117 cm³/mol. The van der Waals surface area contributed by atoms with E-state index in [-0.39, 0.29) is 11.8 Å². The number of carbonyl (C=O) groups is 2. The van der Waals surface area contributed by atoms with Gasteiger partial charge in [0.2, 0.25) is 0 Å². The van der Waals surface area contributed by atoms with E-state index in [4.69, 9.17) is 4.74 Å². The molecule has 0 fully saturated rings. The molecule has 148 valence electrons. The maximum Gasteiger partial charge on any atom is 0.255 e. The molecular weight excluding hydrogens is 432 g/mol. The monoisotopic (exact) mass is 452 g/mol. The molecule has 0 spiro atoms. The van der Waals surface area contributed by atoms with Gasteiger partial charge < -0.3 is 15.4 Å². The van der Waals surface area contributed by atoms with Gasteiger partial charge in [-0.25, -0.2) is 0 Å². The lowest BCUT2D eigenvalue weighted by Gasteiger charge is -2.12. The number of carbonyl (C=O) groups excluding carboxylic acids is 2. The van der Waals surface area contributed by atoms with Crippen molar-refractivity contribution in [3.8, 4) is 5.75 Å². The summed E-state index contributed by atoms with van der Waals surface area (Å²) < 4.78 is 6.31. The predicted octanol–water partition coefficient (Wildman–Crippen LogP) is 5.03. The number of anilines is 1. The molecule has 0 aromatic heterocycles. The molecule has 0 bridgehead atoms. The van der Waals surface area contributed by atoms with Crippen molar-refractivity contribution in [2.24, 2.45) is 0 Å². The van der Waals surface area contributed by atoms with Gasteiger partial charge in [0.1, 0.15) is 5.75 Å². The van der Waals surface area contributed by atoms with E-state index in [1.165, 1.54) is 0 Å². The smallest absolute Gasteiger partial charge is 0.255 e. The lowest BCUT2D eigenvalue weighted by molar-refractivity contribution is 0.0952. The lowest BCUT2D eigenvalue weighted by Crippen LogP contribution is -2.24. The van der Waals surface area contributed by atoms with Crippen LogP contribution in [0, 0.1) is 0 Å². The molecule has 2 N–H and O–H groups in total. The molecule has 0 aliphatic rings. The van der Waals surface area contributed by atoms with Crippen molar-refractivity contribution < 1.29 is 14.3 Å². The normalized spacial score (nSPS) is 10.3. The van der Waals surface area contributed by atoms with Gasteiger partial charge >= 0.3 is 0 Å². The van der Waals surface area contributed by atoms with Gasteiger partial charge in [-0.05, 0) is 61.0 Å². The van der Waals surface area contributed by atoms with Gasteiger partial charge in [0.15, 0.2) is 0 Å². The molecule has 0 aliphatic carbocycles. The van der Waals surface area contributed by atoms with Gasteiger partial charge in [0.25, 0.3) is 11.8 Å². The van der Waals surface area contributed by atoms with Crippen LogP contribution in [0.5, 0.6) is 5.75 Å². The second kappa shape index (κ2) is 9.89. The van der Waals surface area contributed by atoms with E-state index in [1.807, 2.05) is 31.2 Å². The molecule has 0 atom stereocenters. The fourth-order valence-electron chi connectivity index (χ4n) is 2.73. The quantitative estimate of drug-likeness (QED) is 0.528. The number of hydrogen-bond acceptors (Lipinski definition) is 3. The molecule has 2 amide bonds. The first-order valence-electron chi connectivity index (χ1n) is 9.22. The summed E-state index contributed by atoms with van der Waals surface area (Å²) in [6, 6.07) is 21.5. The Kier molecular flexibility index (Phi) is 7.03. The molecule has 3 rings (SSSR count). The Balaban J connectivity index is 1.66. The van der Waals surface area contributed by atoms with Crippen molar-refractivity contribution >= 4 is 33.4 Å². The van der Waals surface area contributed by atoms with Crippen LogP contribution in [0.1, 0.15) is 33.2 Å². The summed E-state index contributed by atoms with van der Waals surface area (Å²) in [5, 5.41) is 5.71. The third-order valence-corrected chi connectivity index (χ3v) is 4.74. The van der Waals surface area contributed by atoms with Crippen LogP contribution in [0.2, 0.25) is 0 Å². The summed E-state index contributed by atoms with van der Waals surface area (Å²) in [4.78, 5) is 25.2. The number of hydrogen-bond donors (Lipinski definition) is 2. The molecule has 0 heterocycles. The van der Waals surface area contributed by atoms with Crippen LogP contribution in [0.3, 0.4) is 0 Å². The third-order valence-electron chi connectivity index (χ3n) is 4.21. The highest BCUT2D eigenvalue weighted by Gasteiger charge is 2.14. The van der Waals surface area contributed by atoms with Crippen molar-refractivity contribution in [2.45, 2.75) is 13.5 Å². The summed E-state index contributed by atoms with van der Waals surface area (Å²) in [7, 11) is 0. The zero-order valence-electron chi connectivity index (χ0n) is 15.9. The SMILES string of the molecule is CCOc1ccc(CNC(=O)c2ccccc2NC(=O)c2ccc(Br)cc2)cc1. The number of benzene rings is 3. The number of nitrogens with one attached hydrogen (secondary N) is 2. The number of amides is 2. The number of rotatable bonds is 7. The van der Waals surface area contributed by atoms with Crippen molar-refractivity contribution in [3.05, 3.63) is 94.0 Å². The maximum atomic E-state index is 12.7. The average molecular weight is 453 g/mol. The Morgan fingerprint density at radius 1 is 0.897 bits per heavy atom. The molecule has 29 heavy (non-hydrogen) atoms. The zero-order chi connectivity index (χ0) is 20.6. The molecule has 0 radical (unpaired) electrons. The Morgan fingerprint density at radius 3 is 2.28 bits per heavy atom. The topological polar surface area (TPSA) is 67.4 Å². The summed E-state index contributed by atoms with van der Waals surface area (Å²) in [5.74, 6) is 0.262. The minimum absolute atomic E-state index is 0.259. The first-order valence-corrected chi connectivity index (χ1v) is 10.0. The van der Waals surface area contributed by atoms with Crippen molar-refractivity contribution in [3.63, 3.8) is 0 Å². The van der Waals surface area contributed by atoms with E-state index < -0.39 is 0 Å². The highest BCUT2D eigenvalue weighted by Crippen LogP contribution is 2.18. The van der Waals surface area contributed by atoms with E-state index in [9.17, 15) is 9.59 Å². The molecule has 0 unspecified atom stereocenters. The summed E-state index contributed by atoms with van der Waals surface area (Å²) in [6.45, 7) is 2.92. The number of ether oxygens (including phenoxy) is 1. The Morgan fingerprint density at radius 2 is 1.59 bits per heavy atom. The Bertz CT molecular complexity index is 986. The van der Waals surface area contributed by atoms with Crippen LogP contribution >= 0.6 is 15.9 Å². The molecule has 6 heteroatoms. The minimum atomic E-state index is -0.274. The fraction of sp³-hybridized carbons (Fsp3) is 0.130. The number of halogens is 1. The van der Waals surface area contributed by atoms with Crippen LogP contribution in [0.4, 0.5) is 5.69 Å². The van der Waals surface area contributed by atoms with Crippen LogP contribution in [0.25, 0.3) is 0 Å². The van der Waals surface area contributed by atoms with Crippen LogP contribution in [0.15, 0.2) is 77.3 Å². The van der Waals surface area contributed by atoms with Gasteiger partial charge in [-0.1, -0.05) is 40.2 Å². The molecule has 3 aromatic rings. The average Bonchev–Trinajstić information content (AvgIpc) is 2.74. The summed E-state index contributed by atoms with van der Waals surface area (Å²) in [6.07, 6.45) is 0. The molecule has 0 saturated heterocycles. The largest absolute Gasteiger partial charge is 0.494 e. The van der Waals surface area contributed by atoms with Crippen LogP contribution in [-0.2, 0) is 6.54 Å². The lowest BCUT2D eigenvalue weighted by atomic mass is 10.1. The standard InChI is InChI=1S/C23H21BrN2O3/c1-2-29-19-13-7-16(8-14-19)15-25-23(28)20-5-3-4-6-21(20)26-22(27)17-9-11-18(24)12-10-17/h3-14H,2,15H2,1H3,(H,25,28)(H,26,27). The fourth-order valence-corrected chi connectivity index (χ4v) is 3.00. The highest BCUT2D eigenvalue weighted by molar-refractivity contribution is 9.10. The minimum Gasteiger partial charge on any atom is -0.494 e. The molecule has 0 aliphatic heterocycles. The Labute approximate surface area is 178 Å². The first kappa shape index (κ1) is 20.6. The maximum absolute atomic E-state index is 12.7. The van der Waals surface area contributed by atoms with Crippen LogP contribution < -0.4 is 15.4 Å². The van der Waals surface area contributed by atoms with Gasteiger partial charge in [-0.2, -0.15) is 0 Å². The third kappa shape index (κ3) is 5.68. The van der Waals surface area contributed by atoms with Crippen molar-refractivity contribution in [1.82, 2.24) is 5.32 Å².